The largest absolute Gasteiger partial charge is 0.415 e. The zero-order chi connectivity index (χ0) is 25.0. The number of para-hydroxylation sites is 1. The summed E-state index contributed by atoms with van der Waals surface area (Å²) in [5.41, 5.74) is 0.515. The molecule has 0 radical (unpaired) electrons. The highest BCUT2D eigenvalue weighted by Crippen LogP contribution is 2.37. The van der Waals surface area contributed by atoms with Gasteiger partial charge in [-0.25, -0.2) is 4.39 Å². The maximum absolute atomic E-state index is 15.2. The van der Waals surface area contributed by atoms with Crippen LogP contribution in [0.4, 0.5) is 30.2 Å². The van der Waals surface area contributed by atoms with Crippen LogP contribution >= 0.6 is 0 Å². The van der Waals surface area contributed by atoms with Crippen molar-refractivity contribution in [2.45, 2.75) is 31.5 Å². The van der Waals surface area contributed by atoms with Crippen LogP contribution < -0.4 is 26.0 Å². The monoisotopic (exact) mass is 495 g/mol. The molecular weight excluding hydrogens is 475 g/mol. The number of fused-ring (bicyclic) bond motifs is 2. The molecule has 8 nitrogen and oxygen atoms in total. The summed E-state index contributed by atoms with van der Waals surface area (Å²) in [6, 6.07) is 13.5. The Bertz CT molecular complexity index is 1500. The Morgan fingerprint density at radius 3 is 2.56 bits per heavy atom. The lowest BCUT2D eigenvalue weighted by Gasteiger charge is -2.35. The topological polar surface area (TPSA) is 91.6 Å². The number of piperazine rings is 1. The number of hydrogen-bond acceptors (Lipinski definition) is 8. The summed E-state index contributed by atoms with van der Waals surface area (Å²) in [4.78, 5) is 29.2. The molecule has 0 amide bonds. The van der Waals surface area contributed by atoms with Crippen molar-refractivity contribution in [3.05, 3.63) is 86.2 Å². The molecule has 11 heteroatoms. The second-order valence-corrected chi connectivity index (χ2v) is 8.98. The summed E-state index contributed by atoms with van der Waals surface area (Å²) in [6.45, 7) is 1.35. The van der Waals surface area contributed by atoms with E-state index in [4.69, 9.17) is 4.42 Å². The number of aromatic nitrogens is 2. The molecule has 2 aliphatic heterocycles. The van der Waals surface area contributed by atoms with E-state index in [1.54, 1.807) is 29.2 Å². The SMILES string of the molecule is O=c1c(N(Cc2ccc(-c3nnc(C(F)F)o3)cc2F)c2ccccc2)c(N2CC3CC2CN3)c1=O. The lowest BCUT2D eigenvalue weighted by molar-refractivity contribution is 0.116. The third kappa shape index (κ3) is 3.67. The lowest BCUT2D eigenvalue weighted by Crippen LogP contribution is -2.51. The maximum atomic E-state index is 15.2. The van der Waals surface area contributed by atoms with Crippen LogP contribution in [-0.4, -0.2) is 35.4 Å². The number of alkyl halides is 2. The summed E-state index contributed by atoms with van der Waals surface area (Å²) < 4.78 is 45.7. The second kappa shape index (κ2) is 8.59. The summed E-state index contributed by atoms with van der Waals surface area (Å²) in [5.74, 6) is -1.71. The summed E-state index contributed by atoms with van der Waals surface area (Å²) in [7, 11) is 0. The Hall–Kier alpha value is -3.99. The molecule has 1 aromatic heterocycles. The van der Waals surface area contributed by atoms with Crippen LogP contribution in [0.1, 0.15) is 24.3 Å². The average molecular weight is 495 g/mol. The van der Waals surface area contributed by atoms with Crippen molar-refractivity contribution in [2.24, 2.45) is 0 Å². The standard InChI is InChI=1S/C25H20F3N5O3/c26-18-8-13(24-30-31-25(36-24)23(27)28)6-7-14(18)11-32(16-4-2-1-3-5-16)19-20(22(35)21(19)34)33-12-15-9-17(33)10-29-15/h1-8,15,17,23,29H,9-12H2. The number of benzene rings is 2. The zero-order valence-electron chi connectivity index (χ0n) is 18.8. The van der Waals surface area contributed by atoms with Crippen LogP contribution in [0.5, 0.6) is 0 Å². The fourth-order valence-electron chi connectivity index (χ4n) is 5.04. The minimum Gasteiger partial charge on any atom is -0.415 e. The van der Waals surface area contributed by atoms with Crippen LogP contribution in [0.3, 0.4) is 0 Å². The molecule has 3 aromatic carbocycles. The Morgan fingerprint density at radius 2 is 1.92 bits per heavy atom. The predicted molar refractivity (Wildman–Crippen MR) is 126 cm³/mol. The molecule has 3 heterocycles. The molecule has 2 unspecified atom stereocenters. The molecule has 1 N–H and O–H groups in total. The van der Waals surface area contributed by atoms with Gasteiger partial charge in [-0.3, -0.25) is 9.59 Å². The molecule has 4 aromatic rings. The molecule has 0 saturated carbocycles. The molecule has 184 valence electrons. The van der Waals surface area contributed by atoms with E-state index in [-0.39, 0.29) is 41.3 Å². The molecule has 36 heavy (non-hydrogen) atoms. The number of nitrogens with zero attached hydrogens (tertiary/aromatic N) is 4. The number of rotatable bonds is 7. The van der Waals surface area contributed by atoms with Gasteiger partial charge in [0.25, 0.3) is 16.7 Å². The smallest absolute Gasteiger partial charge is 0.314 e. The van der Waals surface area contributed by atoms with Crippen LogP contribution in [0, 0.1) is 5.82 Å². The van der Waals surface area contributed by atoms with E-state index in [1.165, 1.54) is 12.1 Å². The van der Waals surface area contributed by atoms with Crippen molar-refractivity contribution in [1.29, 1.82) is 0 Å². The second-order valence-electron chi connectivity index (χ2n) is 8.98. The van der Waals surface area contributed by atoms with E-state index in [0.717, 1.165) is 19.0 Å². The fourth-order valence-corrected chi connectivity index (χ4v) is 5.04. The normalized spacial score (nSPS) is 19.1. The molecule has 0 spiro atoms. The molecule has 0 aliphatic carbocycles. The highest BCUT2D eigenvalue weighted by atomic mass is 19.3. The first-order chi connectivity index (χ1) is 17.4. The third-order valence-electron chi connectivity index (χ3n) is 6.80. The number of halogens is 3. The minimum atomic E-state index is -2.93. The summed E-state index contributed by atoms with van der Waals surface area (Å²) in [5, 5.41) is 10.2. The van der Waals surface area contributed by atoms with E-state index in [0.29, 0.717) is 17.9 Å². The van der Waals surface area contributed by atoms with Gasteiger partial charge in [0.05, 0.1) is 6.54 Å². The first-order valence-corrected chi connectivity index (χ1v) is 11.5. The van der Waals surface area contributed by atoms with Gasteiger partial charge < -0.3 is 19.5 Å². The van der Waals surface area contributed by atoms with E-state index in [1.807, 2.05) is 11.0 Å². The Morgan fingerprint density at radius 1 is 1.11 bits per heavy atom. The van der Waals surface area contributed by atoms with Crippen LogP contribution in [0.25, 0.3) is 11.5 Å². The highest BCUT2D eigenvalue weighted by molar-refractivity contribution is 5.82. The number of anilines is 3. The van der Waals surface area contributed by atoms with Gasteiger partial charge in [-0.1, -0.05) is 24.3 Å². The number of nitrogens with one attached hydrogen (secondary N) is 1. The summed E-state index contributed by atoms with van der Waals surface area (Å²) in [6.07, 6.45) is -2.02. The minimum absolute atomic E-state index is 0.0275. The van der Waals surface area contributed by atoms with Crippen molar-refractivity contribution in [2.75, 3.05) is 22.9 Å². The quantitative estimate of drug-likeness (QED) is 0.391. The van der Waals surface area contributed by atoms with E-state index < -0.39 is 29.0 Å². The average Bonchev–Trinajstić information content (AvgIpc) is 3.64. The Balaban J connectivity index is 1.36. The molecule has 6 rings (SSSR count). The molecule has 2 aliphatic rings. The number of hydrogen-bond donors (Lipinski definition) is 1. The van der Waals surface area contributed by atoms with Gasteiger partial charge >= 0.3 is 6.43 Å². The van der Waals surface area contributed by atoms with Gasteiger partial charge in [-0.15, -0.1) is 10.2 Å². The fraction of sp³-hybridized carbons (Fsp3) is 0.280. The van der Waals surface area contributed by atoms with Gasteiger partial charge in [0, 0.05) is 42.0 Å². The van der Waals surface area contributed by atoms with Gasteiger partial charge in [-0.2, -0.15) is 8.78 Å². The molecular formula is C25H20F3N5O3. The van der Waals surface area contributed by atoms with Gasteiger partial charge in [0.2, 0.25) is 5.89 Å². The van der Waals surface area contributed by atoms with E-state index in [2.05, 4.69) is 15.5 Å². The summed E-state index contributed by atoms with van der Waals surface area (Å²) >= 11 is 0. The highest BCUT2D eigenvalue weighted by Gasteiger charge is 2.43. The van der Waals surface area contributed by atoms with Crippen LogP contribution in [0.2, 0.25) is 0 Å². The van der Waals surface area contributed by atoms with E-state index >= 15 is 4.39 Å². The van der Waals surface area contributed by atoms with Gasteiger partial charge in [0.15, 0.2) is 0 Å². The molecule has 2 fully saturated rings. The maximum Gasteiger partial charge on any atom is 0.314 e. The predicted octanol–water partition coefficient (Wildman–Crippen LogP) is 3.30. The Labute approximate surface area is 202 Å². The third-order valence-corrected chi connectivity index (χ3v) is 6.80. The Kier molecular flexibility index (Phi) is 5.36. The van der Waals surface area contributed by atoms with Crippen molar-refractivity contribution in [3.8, 4) is 11.5 Å². The van der Waals surface area contributed by atoms with Crippen LogP contribution in [-0.2, 0) is 6.54 Å². The molecule has 2 saturated heterocycles. The van der Waals surface area contributed by atoms with Gasteiger partial charge in [0.1, 0.15) is 17.2 Å². The van der Waals surface area contributed by atoms with Crippen molar-refractivity contribution in [1.82, 2.24) is 15.5 Å². The van der Waals surface area contributed by atoms with E-state index in [9.17, 15) is 18.4 Å². The first-order valence-electron chi connectivity index (χ1n) is 11.5. The molecule has 2 atom stereocenters. The van der Waals surface area contributed by atoms with Crippen LogP contribution in [0.15, 0.2) is 62.5 Å². The van der Waals surface area contributed by atoms with Gasteiger partial charge in [-0.05, 0) is 30.7 Å². The first kappa shape index (κ1) is 22.5. The molecule has 2 bridgehead atoms. The van der Waals surface area contributed by atoms with Crippen molar-refractivity contribution < 1.29 is 17.6 Å². The zero-order valence-corrected chi connectivity index (χ0v) is 18.8. The van der Waals surface area contributed by atoms with Crippen molar-refractivity contribution in [3.63, 3.8) is 0 Å². The van der Waals surface area contributed by atoms with Crippen molar-refractivity contribution >= 4 is 17.1 Å². The lowest BCUT2D eigenvalue weighted by atomic mass is 10.1.